The van der Waals surface area contributed by atoms with Crippen LogP contribution in [-0.4, -0.2) is 16.4 Å². The first-order valence-corrected chi connectivity index (χ1v) is 17.7. The summed E-state index contributed by atoms with van der Waals surface area (Å²) >= 11 is 0. The molecule has 0 unspecified atom stereocenters. The molecule has 0 bridgehead atoms. The quantitative estimate of drug-likeness (QED) is 0.149. The summed E-state index contributed by atoms with van der Waals surface area (Å²) in [6.45, 7) is 0.584. The van der Waals surface area contributed by atoms with Crippen molar-refractivity contribution in [2.45, 2.75) is 0 Å². The first kappa shape index (κ1) is 33.4. The Bertz CT molecular complexity index is 2710. The van der Waals surface area contributed by atoms with Gasteiger partial charge in [-0.25, -0.2) is 0 Å². The van der Waals surface area contributed by atoms with Gasteiger partial charge in [-0.05, 0) is 34.3 Å². The molecule has 0 N–H and O–H groups in total. The molecule has 0 spiro atoms. The van der Waals surface area contributed by atoms with Gasteiger partial charge < -0.3 is 14.5 Å². The molecule has 0 fully saturated rings. The molecule has 0 saturated heterocycles. The Labute approximate surface area is 328 Å². The first-order chi connectivity index (χ1) is 26.3. The monoisotopic (exact) mass is 875 g/mol. The molecule has 2 heterocycles. The van der Waals surface area contributed by atoms with Gasteiger partial charge in [-0.3, -0.25) is 4.68 Å². The van der Waals surface area contributed by atoms with Crippen molar-refractivity contribution in [1.29, 1.82) is 0 Å². The van der Waals surface area contributed by atoms with Crippen molar-refractivity contribution in [3.8, 4) is 39.4 Å². The summed E-state index contributed by atoms with van der Waals surface area (Å²) in [5, 5.41) is 8.08. The number of hydrogen-bond acceptors (Lipinski definition) is 4. The van der Waals surface area contributed by atoms with E-state index >= 15 is 0 Å². The molecule has 0 atom stereocenters. The summed E-state index contributed by atoms with van der Waals surface area (Å²) in [7, 11) is 0. The zero-order valence-corrected chi connectivity index (χ0v) is 31.3. The summed E-state index contributed by atoms with van der Waals surface area (Å²) in [5.41, 5.74) is 10.9. The Morgan fingerprint density at radius 2 is 1.07 bits per heavy atom. The number of anilines is 4. The minimum Gasteiger partial charge on any atom is -0.509 e. The van der Waals surface area contributed by atoms with Crippen LogP contribution in [0, 0.1) is 12.1 Å². The number of rotatable bonds is 7. The third kappa shape index (κ3) is 5.93. The third-order valence-electron chi connectivity index (χ3n) is 9.92. The molecule has 1 aliphatic heterocycles. The number of fused-ring (bicyclic) bond motifs is 4. The van der Waals surface area contributed by atoms with E-state index in [-0.39, 0.29) is 21.1 Å². The largest absolute Gasteiger partial charge is 2.00 e. The zero-order valence-electron chi connectivity index (χ0n) is 29.0. The van der Waals surface area contributed by atoms with Gasteiger partial charge >= 0.3 is 21.1 Å². The van der Waals surface area contributed by atoms with Crippen LogP contribution < -0.4 is 14.5 Å². The molecule has 10 rings (SSSR count). The molecule has 6 heteroatoms. The second-order valence-corrected chi connectivity index (χ2v) is 13.1. The van der Waals surface area contributed by atoms with E-state index in [1.807, 2.05) is 53.3 Å². The van der Waals surface area contributed by atoms with E-state index in [0.29, 0.717) is 18.2 Å². The molecule has 54 heavy (non-hydrogen) atoms. The molecule has 1 aliphatic rings. The van der Waals surface area contributed by atoms with Crippen molar-refractivity contribution < 1.29 is 25.8 Å². The molecule has 0 amide bonds. The first-order valence-electron chi connectivity index (χ1n) is 17.7. The Hall–Kier alpha value is -6.42. The summed E-state index contributed by atoms with van der Waals surface area (Å²) in [6.07, 6.45) is 1.87. The number of para-hydroxylation sites is 2. The van der Waals surface area contributed by atoms with Gasteiger partial charge in [-0.15, -0.1) is 36.4 Å². The minimum atomic E-state index is 0. The Balaban J connectivity index is 0.00000384. The molecule has 0 aliphatic carbocycles. The number of benzene rings is 8. The van der Waals surface area contributed by atoms with Crippen molar-refractivity contribution >= 4 is 44.4 Å². The van der Waals surface area contributed by atoms with Crippen LogP contribution in [0.4, 0.5) is 22.7 Å². The molecule has 260 valence electrons. The van der Waals surface area contributed by atoms with E-state index in [2.05, 4.69) is 160 Å². The average molecular weight is 876 g/mol. The molecular weight excluding hydrogens is 844 g/mol. The topological polar surface area (TPSA) is 33.5 Å². The van der Waals surface area contributed by atoms with Gasteiger partial charge in [0.25, 0.3) is 0 Å². The van der Waals surface area contributed by atoms with Crippen LogP contribution in [0.1, 0.15) is 0 Å². The van der Waals surface area contributed by atoms with E-state index < -0.39 is 0 Å². The van der Waals surface area contributed by atoms with E-state index in [4.69, 9.17) is 4.74 Å². The Kier molecular flexibility index (Phi) is 8.78. The minimum absolute atomic E-state index is 0. The van der Waals surface area contributed by atoms with Gasteiger partial charge in [-0.2, -0.15) is 17.2 Å². The molecule has 1 aromatic heterocycles. The third-order valence-corrected chi connectivity index (χ3v) is 9.92. The van der Waals surface area contributed by atoms with E-state index in [1.54, 1.807) is 0 Å². The SMILES string of the molecule is [Pt+2].[c-]1c(Oc2[c-]c(-n3ncc4ccccc43)ccc2)cccc1N1CN(c2c(-c3ccccc3)cccc2-c2ccccc2)c2c1ccc1ccccc21. The molecule has 9 aromatic rings. The second-order valence-electron chi connectivity index (χ2n) is 13.1. The molecule has 8 aromatic carbocycles. The van der Waals surface area contributed by atoms with Gasteiger partial charge in [0.1, 0.15) is 0 Å². The molecule has 5 nitrogen and oxygen atoms in total. The standard InChI is InChI=1S/C48H32N4O.Pt/c1-3-14-34(15-4-1)42-25-13-26-43(35-16-5-2-6-17-35)47(42)51-33-50(46-29-28-36-18-7-9-24-44(36)48(46)51)38-20-11-22-40(30-38)53-41-23-12-21-39(31-41)52-45-27-10-8-19-37(45)32-49-52;/h1-29,32H,33H2;/q-2;+2. The van der Waals surface area contributed by atoms with E-state index in [1.165, 1.54) is 33.0 Å². The van der Waals surface area contributed by atoms with Crippen molar-refractivity contribution in [2.24, 2.45) is 0 Å². The predicted molar refractivity (Wildman–Crippen MR) is 216 cm³/mol. The Morgan fingerprint density at radius 1 is 0.481 bits per heavy atom. The number of hydrogen-bond donors (Lipinski definition) is 0. The smallest absolute Gasteiger partial charge is 0.509 e. The number of nitrogens with zero attached hydrogens (tertiary/aromatic N) is 4. The maximum Gasteiger partial charge on any atom is 2.00 e. The van der Waals surface area contributed by atoms with Gasteiger partial charge in [0.05, 0.1) is 35.4 Å². The zero-order chi connectivity index (χ0) is 35.1. The van der Waals surface area contributed by atoms with E-state index in [0.717, 1.165) is 39.3 Å². The average Bonchev–Trinajstić information content (AvgIpc) is 3.84. The van der Waals surface area contributed by atoms with Crippen molar-refractivity contribution in [2.75, 3.05) is 16.5 Å². The van der Waals surface area contributed by atoms with Crippen LogP contribution in [0.5, 0.6) is 11.5 Å². The molecule has 0 saturated carbocycles. The van der Waals surface area contributed by atoms with Gasteiger partial charge in [0, 0.05) is 33.4 Å². The maximum absolute atomic E-state index is 6.46. The summed E-state index contributed by atoms with van der Waals surface area (Å²) in [6, 6.07) is 68.2. The van der Waals surface area contributed by atoms with Crippen LogP contribution in [0.25, 0.3) is 49.6 Å². The van der Waals surface area contributed by atoms with Crippen LogP contribution in [0.15, 0.2) is 182 Å². The summed E-state index contributed by atoms with van der Waals surface area (Å²) in [4.78, 5) is 4.82. The fraction of sp³-hybridized carbons (Fsp3) is 0.0208. The normalized spacial score (nSPS) is 12.1. The summed E-state index contributed by atoms with van der Waals surface area (Å²) < 4.78 is 8.35. The molecule has 0 radical (unpaired) electrons. The number of ether oxygens (including phenoxy) is 1. The predicted octanol–water partition coefficient (Wildman–Crippen LogP) is 12.2. The van der Waals surface area contributed by atoms with Crippen molar-refractivity contribution in [3.05, 3.63) is 194 Å². The van der Waals surface area contributed by atoms with Crippen LogP contribution in [0.3, 0.4) is 0 Å². The maximum atomic E-state index is 6.46. The van der Waals surface area contributed by atoms with E-state index in [9.17, 15) is 0 Å². The second kappa shape index (κ2) is 14.2. The van der Waals surface area contributed by atoms with Gasteiger partial charge in [0.15, 0.2) is 0 Å². The van der Waals surface area contributed by atoms with Crippen LogP contribution >= 0.6 is 0 Å². The van der Waals surface area contributed by atoms with Crippen LogP contribution in [-0.2, 0) is 21.1 Å². The summed E-state index contributed by atoms with van der Waals surface area (Å²) in [5.74, 6) is 1.20. The molecular formula is C48H32N4OPt. The van der Waals surface area contributed by atoms with Gasteiger partial charge in [-0.1, -0.05) is 133 Å². The number of aromatic nitrogens is 2. The Morgan fingerprint density at radius 3 is 1.80 bits per heavy atom. The van der Waals surface area contributed by atoms with Crippen molar-refractivity contribution in [1.82, 2.24) is 9.78 Å². The van der Waals surface area contributed by atoms with Gasteiger partial charge in [0.2, 0.25) is 0 Å². The fourth-order valence-corrected chi connectivity index (χ4v) is 7.51. The fourth-order valence-electron chi connectivity index (χ4n) is 7.51. The van der Waals surface area contributed by atoms with Crippen molar-refractivity contribution in [3.63, 3.8) is 0 Å². The van der Waals surface area contributed by atoms with Crippen LogP contribution in [0.2, 0.25) is 0 Å².